The average Bonchev–Trinajstić information content (AvgIpc) is 2.36. The Bertz CT molecular complexity index is 630. The van der Waals surface area contributed by atoms with Crippen LogP contribution < -0.4 is 0 Å². The molecule has 19 heavy (non-hydrogen) atoms. The molecule has 1 aromatic carbocycles. The van der Waals surface area contributed by atoms with E-state index in [1.54, 1.807) is 18.0 Å². The van der Waals surface area contributed by atoms with Crippen molar-refractivity contribution in [3.8, 4) is 0 Å². The van der Waals surface area contributed by atoms with Gasteiger partial charge in [-0.1, -0.05) is 18.2 Å². The Balaban J connectivity index is 2.59. The number of hydrogen-bond acceptors (Lipinski definition) is 3. The Kier molecular flexibility index (Phi) is 3.80. The van der Waals surface area contributed by atoms with Crippen molar-refractivity contribution in [1.82, 2.24) is 4.98 Å². The van der Waals surface area contributed by atoms with Crippen LogP contribution in [-0.4, -0.2) is 32.9 Å². The molecule has 1 N–H and O–H groups in total. The molecule has 1 aromatic heterocycles. The van der Waals surface area contributed by atoms with Crippen molar-refractivity contribution in [3.63, 3.8) is 0 Å². The third-order valence-electron chi connectivity index (χ3n) is 2.86. The molecule has 0 fully saturated rings. The number of hydroxylamine groups is 1. The van der Waals surface area contributed by atoms with Crippen LogP contribution in [0.1, 0.15) is 26.3 Å². The van der Waals surface area contributed by atoms with Gasteiger partial charge in [-0.3, -0.25) is 5.21 Å². The van der Waals surface area contributed by atoms with Crippen LogP contribution in [0.2, 0.25) is 0 Å². The van der Waals surface area contributed by atoms with E-state index in [2.05, 4.69) is 11.1 Å². The predicted octanol–water partition coefficient (Wildman–Crippen LogP) is 3.58. The van der Waals surface area contributed by atoms with Gasteiger partial charge in [0.15, 0.2) is 0 Å². The minimum Gasteiger partial charge on any atom is -0.290 e. The van der Waals surface area contributed by atoms with E-state index in [1.165, 1.54) is 4.74 Å². The second-order valence-corrected chi connectivity index (χ2v) is 6.22. The maximum atomic E-state index is 10.1. The van der Waals surface area contributed by atoms with Gasteiger partial charge in [-0.25, -0.2) is 4.98 Å². The number of hydrogen-bond donors (Lipinski definition) is 1. The van der Waals surface area contributed by atoms with Gasteiger partial charge in [-0.05, 0) is 23.1 Å². The monoisotopic (exact) mass is 275 g/mol. The zero-order valence-corrected chi connectivity index (χ0v) is 12.5. The number of benzene rings is 1. The first-order chi connectivity index (χ1) is 8.91. The summed E-state index contributed by atoms with van der Waals surface area (Å²) in [5.41, 5.74) is 1.58. The molecule has 4 heteroatoms. The Morgan fingerprint density at radius 1 is 1.26 bits per heavy atom. The van der Waals surface area contributed by atoms with E-state index in [1.807, 2.05) is 51.3 Å². The molecule has 0 atom stereocenters. The van der Waals surface area contributed by atoms with E-state index in [0.717, 1.165) is 21.5 Å². The molecule has 2 aromatic rings. The van der Waals surface area contributed by atoms with Crippen molar-refractivity contribution >= 4 is 28.9 Å². The molecule has 0 spiro atoms. The van der Waals surface area contributed by atoms with Crippen LogP contribution in [0.25, 0.3) is 10.9 Å². The minimum absolute atomic E-state index is 0.332. The van der Waals surface area contributed by atoms with Crippen LogP contribution in [0, 0.1) is 0 Å². The summed E-state index contributed by atoms with van der Waals surface area (Å²) in [5.74, 6) is 0. The second-order valence-electron chi connectivity index (χ2n) is 5.42. The van der Waals surface area contributed by atoms with Crippen molar-refractivity contribution < 1.29 is 9.95 Å². The Hall–Kier alpha value is -1.55. The van der Waals surface area contributed by atoms with Crippen molar-refractivity contribution in [3.05, 3.63) is 35.9 Å². The summed E-state index contributed by atoms with van der Waals surface area (Å²) in [6.07, 6.45) is 3.73. The molecule has 0 unspecified atom stereocenters. The summed E-state index contributed by atoms with van der Waals surface area (Å²) >= 11 is 1.58. The molecular formula is C15H19N2OS+. The van der Waals surface area contributed by atoms with Gasteiger partial charge in [0, 0.05) is 26.2 Å². The maximum absolute atomic E-state index is 10.1. The highest BCUT2D eigenvalue weighted by molar-refractivity contribution is 7.98. The summed E-state index contributed by atoms with van der Waals surface area (Å²) in [4.78, 5) is 4.62. The fourth-order valence-electron chi connectivity index (χ4n) is 1.70. The van der Waals surface area contributed by atoms with Gasteiger partial charge in [0.05, 0.1) is 11.1 Å². The highest BCUT2D eigenvalue weighted by atomic mass is 32.2. The van der Waals surface area contributed by atoms with E-state index in [0.29, 0.717) is 0 Å². The molecule has 2 rings (SSSR count). The van der Waals surface area contributed by atoms with Crippen molar-refractivity contribution in [1.29, 1.82) is 0 Å². The number of para-hydroxylation sites is 1. The van der Waals surface area contributed by atoms with E-state index in [9.17, 15) is 5.21 Å². The highest BCUT2D eigenvalue weighted by Gasteiger charge is 2.24. The number of aromatic nitrogens is 1. The van der Waals surface area contributed by atoms with E-state index in [4.69, 9.17) is 0 Å². The summed E-state index contributed by atoms with van der Waals surface area (Å²) in [6, 6.07) is 10.1. The molecule has 0 saturated heterocycles. The van der Waals surface area contributed by atoms with Crippen LogP contribution in [-0.2, 0) is 0 Å². The quantitative estimate of drug-likeness (QED) is 0.299. The lowest BCUT2D eigenvalue weighted by Gasteiger charge is -2.10. The Morgan fingerprint density at radius 3 is 2.58 bits per heavy atom. The highest BCUT2D eigenvalue weighted by Crippen LogP contribution is 2.22. The van der Waals surface area contributed by atoms with E-state index < -0.39 is 0 Å². The van der Waals surface area contributed by atoms with Gasteiger partial charge >= 0.3 is 0 Å². The molecule has 0 aliphatic heterocycles. The molecule has 0 bridgehead atoms. The lowest BCUT2D eigenvalue weighted by Crippen LogP contribution is -2.31. The molecule has 0 aliphatic carbocycles. The smallest absolute Gasteiger partial charge is 0.226 e. The average molecular weight is 275 g/mol. The van der Waals surface area contributed by atoms with Gasteiger partial charge in [0.25, 0.3) is 0 Å². The topological polar surface area (TPSA) is 36.1 Å². The Labute approximate surface area is 117 Å². The fraction of sp³-hybridized carbons (Fsp3) is 0.333. The summed E-state index contributed by atoms with van der Waals surface area (Å²) < 4.78 is 1.23. The summed E-state index contributed by atoms with van der Waals surface area (Å²) in [6.45, 7) is 5.87. The van der Waals surface area contributed by atoms with Crippen molar-refractivity contribution in [2.75, 3.05) is 6.26 Å². The van der Waals surface area contributed by atoms with E-state index >= 15 is 0 Å². The normalized spacial score (nSPS) is 12.9. The van der Waals surface area contributed by atoms with Gasteiger partial charge in [0.1, 0.15) is 5.03 Å². The molecule has 0 radical (unpaired) electrons. The molecule has 0 aliphatic rings. The standard InChI is InChI=1S/C15H19N2OS/c1-15(2,3)17(18)10-12-9-11-7-5-6-8-13(11)16-14(12)19-4/h5-10,18H,1-4H3/q+1. The van der Waals surface area contributed by atoms with Crippen molar-refractivity contribution in [2.24, 2.45) is 0 Å². The first-order valence-corrected chi connectivity index (χ1v) is 7.41. The number of fused-ring (bicyclic) bond motifs is 1. The first kappa shape index (κ1) is 13.9. The molecule has 3 nitrogen and oxygen atoms in total. The SMILES string of the molecule is CSc1nc2ccccc2cc1C=[N+](O)C(C)(C)C. The number of nitrogens with zero attached hydrogens (tertiary/aromatic N) is 2. The maximum Gasteiger partial charge on any atom is 0.226 e. The van der Waals surface area contributed by atoms with Crippen LogP contribution in [0.3, 0.4) is 0 Å². The van der Waals surface area contributed by atoms with Gasteiger partial charge in [0.2, 0.25) is 11.8 Å². The number of rotatable bonds is 2. The number of thioether (sulfide) groups is 1. The first-order valence-electron chi connectivity index (χ1n) is 6.18. The lowest BCUT2D eigenvalue weighted by molar-refractivity contribution is -0.816. The van der Waals surface area contributed by atoms with Crippen LogP contribution in [0.4, 0.5) is 0 Å². The Morgan fingerprint density at radius 2 is 1.95 bits per heavy atom. The largest absolute Gasteiger partial charge is 0.290 e. The molecule has 100 valence electrons. The lowest BCUT2D eigenvalue weighted by atomic mass is 10.1. The molecule has 0 amide bonds. The minimum atomic E-state index is -0.332. The predicted molar refractivity (Wildman–Crippen MR) is 80.5 cm³/mol. The van der Waals surface area contributed by atoms with Gasteiger partial charge < -0.3 is 0 Å². The molecule has 1 heterocycles. The third kappa shape index (κ3) is 3.07. The number of pyridine rings is 1. The van der Waals surface area contributed by atoms with Gasteiger partial charge in [-0.15, -0.1) is 11.8 Å². The second kappa shape index (κ2) is 5.21. The summed E-state index contributed by atoms with van der Waals surface area (Å²) in [5, 5.41) is 12.1. The third-order valence-corrected chi connectivity index (χ3v) is 3.57. The van der Waals surface area contributed by atoms with Crippen LogP contribution in [0.5, 0.6) is 0 Å². The van der Waals surface area contributed by atoms with Gasteiger partial charge in [-0.2, -0.15) is 0 Å². The zero-order valence-electron chi connectivity index (χ0n) is 11.7. The molecule has 0 saturated carbocycles. The van der Waals surface area contributed by atoms with Crippen LogP contribution >= 0.6 is 11.8 Å². The fourth-order valence-corrected chi connectivity index (χ4v) is 2.23. The zero-order chi connectivity index (χ0) is 14.0. The van der Waals surface area contributed by atoms with Crippen LogP contribution in [0.15, 0.2) is 35.4 Å². The molecular weight excluding hydrogens is 256 g/mol. The summed E-state index contributed by atoms with van der Waals surface area (Å²) in [7, 11) is 0. The van der Waals surface area contributed by atoms with Crippen molar-refractivity contribution in [2.45, 2.75) is 31.3 Å². The van der Waals surface area contributed by atoms with E-state index in [-0.39, 0.29) is 5.54 Å².